The lowest BCUT2D eigenvalue weighted by atomic mass is 10.2. The minimum atomic E-state index is -0.410. The fourth-order valence-corrected chi connectivity index (χ4v) is 1.45. The van der Waals surface area contributed by atoms with Crippen LogP contribution >= 0.6 is 0 Å². The van der Waals surface area contributed by atoms with Crippen molar-refractivity contribution in [1.82, 2.24) is 5.32 Å². The van der Waals surface area contributed by atoms with E-state index in [1.165, 1.54) is 7.11 Å². The molecule has 0 fully saturated rings. The molecule has 0 bridgehead atoms. The molecule has 0 aromatic heterocycles. The van der Waals surface area contributed by atoms with Gasteiger partial charge in [-0.2, -0.15) is 0 Å². The summed E-state index contributed by atoms with van der Waals surface area (Å²) < 4.78 is 14.8. The molecule has 1 amide bonds. The van der Waals surface area contributed by atoms with Crippen molar-refractivity contribution in [3.8, 4) is 5.75 Å². The fourth-order valence-electron chi connectivity index (χ4n) is 1.45. The van der Waals surface area contributed by atoms with E-state index in [-0.39, 0.29) is 12.5 Å². The Morgan fingerprint density at radius 2 is 1.85 bits per heavy atom. The summed E-state index contributed by atoms with van der Waals surface area (Å²) in [6.07, 6.45) is 0.760. The quantitative estimate of drug-likeness (QED) is 0.568. The van der Waals surface area contributed by atoms with Crippen LogP contribution in [0, 0.1) is 0 Å². The van der Waals surface area contributed by atoms with Gasteiger partial charge in [0.1, 0.15) is 5.75 Å². The highest BCUT2D eigenvalue weighted by Crippen LogP contribution is 2.12. The maximum Gasteiger partial charge on any atom is 0.337 e. The van der Waals surface area contributed by atoms with Gasteiger partial charge in [-0.3, -0.25) is 4.79 Å². The number of nitrogens with one attached hydrogen (secondary N) is 1. The van der Waals surface area contributed by atoms with E-state index in [2.05, 4.69) is 10.1 Å². The van der Waals surface area contributed by atoms with Gasteiger partial charge in [-0.15, -0.1) is 0 Å². The summed E-state index contributed by atoms with van der Waals surface area (Å²) in [6, 6.07) is 6.39. The van der Waals surface area contributed by atoms with E-state index in [9.17, 15) is 9.59 Å². The van der Waals surface area contributed by atoms with Crippen molar-refractivity contribution in [1.29, 1.82) is 0 Å². The van der Waals surface area contributed by atoms with Crippen molar-refractivity contribution in [2.45, 2.75) is 6.42 Å². The Morgan fingerprint density at radius 3 is 2.45 bits per heavy atom. The van der Waals surface area contributed by atoms with Gasteiger partial charge in [0, 0.05) is 20.3 Å². The number of ether oxygens (including phenoxy) is 3. The lowest BCUT2D eigenvalue weighted by Gasteiger charge is -2.07. The van der Waals surface area contributed by atoms with Crippen molar-refractivity contribution < 1.29 is 23.8 Å². The van der Waals surface area contributed by atoms with Crippen LogP contribution < -0.4 is 10.1 Å². The third kappa shape index (κ3) is 5.71. The highest BCUT2D eigenvalue weighted by Gasteiger charge is 2.06. The molecule has 6 heteroatoms. The summed E-state index contributed by atoms with van der Waals surface area (Å²) in [5.74, 6) is -0.0877. The zero-order chi connectivity index (χ0) is 14.8. The number of esters is 1. The average Bonchev–Trinajstić information content (AvgIpc) is 2.49. The van der Waals surface area contributed by atoms with Gasteiger partial charge in [-0.25, -0.2) is 4.79 Å². The van der Waals surface area contributed by atoms with Crippen LogP contribution in [0.3, 0.4) is 0 Å². The molecule has 1 aromatic rings. The Balaban J connectivity index is 2.31. The smallest absolute Gasteiger partial charge is 0.337 e. The van der Waals surface area contributed by atoms with E-state index in [1.54, 1.807) is 31.4 Å². The zero-order valence-electron chi connectivity index (χ0n) is 11.7. The highest BCUT2D eigenvalue weighted by molar-refractivity contribution is 5.89. The molecule has 0 atom stereocenters. The summed E-state index contributed by atoms with van der Waals surface area (Å²) in [6.45, 7) is 1.10. The van der Waals surface area contributed by atoms with Gasteiger partial charge in [0.25, 0.3) is 5.91 Å². The second-order valence-corrected chi connectivity index (χ2v) is 4.00. The minimum Gasteiger partial charge on any atom is -0.484 e. The van der Waals surface area contributed by atoms with E-state index >= 15 is 0 Å². The highest BCUT2D eigenvalue weighted by atomic mass is 16.5. The number of rotatable bonds is 8. The number of hydrogen-bond donors (Lipinski definition) is 1. The Morgan fingerprint density at radius 1 is 1.15 bits per heavy atom. The molecule has 1 N–H and O–H groups in total. The predicted octanol–water partition coefficient (Wildman–Crippen LogP) is 1.00. The molecule has 6 nitrogen and oxygen atoms in total. The topological polar surface area (TPSA) is 73.9 Å². The van der Waals surface area contributed by atoms with E-state index in [0.717, 1.165) is 6.42 Å². The molecule has 0 aliphatic carbocycles. The lowest BCUT2D eigenvalue weighted by Crippen LogP contribution is -2.30. The monoisotopic (exact) mass is 281 g/mol. The lowest BCUT2D eigenvalue weighted by molar-refractivity contribution is -0.123. The molecule has 110 valence electrons. The summed E-state index contributed by atoms with van der Waals surface area (Å²) in [5, 5.41) is 2.71. The third-order valence-electron chi connectivity index (χ3n) is 2.49. The summed E-state index contributed by atoms with van der Waals surface area (Å²) in [4.78, 5) is 22.7. The first-order valence-corrected chi connectivity index (χ1v) is 6.24. The van der Waals surface area contributed by atoms with Crippen molar-refractivity contribution in [2.75, 3.05) is 34.0 Å². The molecule has 0 spiro atoms. The van der Waals surface area contributed by atoms with Crippen molar-refractivity contribution >= 4 is 11.9 Å². The van der Waals surface area contributed by atoms with Gasteiger partial charge < -0.3 is 19.5 Å². The van der Waals surface area contributed by atoms with Gasteiger partial charge in [-0.1, -0.05) is 0 Å². The molecule has 1 aromatic carbocycles. The fraction of sp³-hybridized carbons (Fsp3) is 0.429. The Kier molecular flexibility index (Phi) is 7.13. The Labute approximate surface area is 118 Å². The first kappa shape index (κ1) is 16.0. The van der Waals surface area contributed by atoms with Crippen LogP contribution in [0.25, 0.3) is 0 Å². The molecule has 0 saturated carbocycles. The normalized spacial score (nSPS) is 9.90. The molecule has 1 rings (SSSR count). The molecular weight excluding hydrogens is 262 g/mol. The van der Waals surface area contributed by atoms with Crippen LogP contribution in [0.1, 0.15) is 16.8 Å². The van der Waals surface area contributed by atoms with Gasteiger partial charge in [0.15, 0.2) is 6.61 Å². The zero-order valence-corrected chi connectivity index (χ0v) is 11.7. The summed E-state index contributed by atoms with van der Waals surface area (Å²) in [7, 11) is 2.93. The van der Waals surface area contributed by atoms with Crippen LogP contribution in [-0.2, 0) is 14.3 Å². The first-order valence-electron chi connectivity index (χ1n) is 6.24. The maximum absolute atomic E-state index is 11.4. The van der Waals surface area contributed by atoms with Crippen molar-refractivity contribution in [3.63, 3.8) is 0 Å². The number of hydrogen-bond acceptors (Lipinski definition) is 5. The van der Waals surface area contributed by atoms with Crippen molar-refractivity contribution in [2.24, 2.45) is 0 Å². The van der Waals surface area contributed by atoms with E-state index in [1.807, 2.05) is 0 Å². The van der Waals surface area contributed by atoms with E-state index in [0.29, 0.717) is 24.5 Å². The largest absolute Gasteiger partial charge is 0.484 e. The number of methoxy groups -OCH3 is 2. The van der Waals surface area contributed by atoms with E-state index < -0.39 is 5.97 Å². The molecule has 0 unspecified atom stereocenters. The number of amides is 1. The van der Waals surface area contributed by atoms with Gasteiger partial charge in [0.2, 0.25) is 0 Å². The standard InChI is InChI=1S/C14H19NO5/c1-18-9-3-8-15-13(16)10-20-12-6-4-11(5-7-12)14(17)19-2/h4-7H,3,8-10H2,1-2H3,(H,15,16). The number of carbonyl (C=O) groups excluding carboxylic acids is 2. The van der Waals surface area contributed by atoms with Gasteiger partial charge >= 0.3 is 5.97 Å². The summed E-state index contributed by atoms with van der Waals surface area (Å²) in [5.41, 5.74) is 0.434. The first-order chi connectivity index (χ1) is 9.67. The third-order valence-corrected chi connectivity index (χ3v) is 2.49. The molecule has 0 heterocycles. The number of carbonyl (C=O) groups is 2. The number of benzene rings is 1. The average molecular weight is 281 g/mol. The van der Waals surface area contributed by atoms with Crippen LogP contribution in [0.5, 0.6) is 5.75 Å². The minimum absolute atomic E-state index is 0.0649. The second kappa shape index (κ2) is 8.92. The van der Waals surface area contributed by atoms with Crippen LogP contribution in [0.4, 0.5) is 0 Å². The molecule has 0 aliphatic heterocycles. The molecule has 0 saturated heterocycles. The van der Waals surface area contributed by atoms with Gasteiger partial charge in [0.05, 0.1) is 12.7 Å². The van der Waals surface area contributed by atoms with E-state index in [4.69, 9.17) is 9.47 Å². The Bertz CT molecular complexity index is 430. The van der Waals surface area contributed by atoms with Crippen molar-refractivity contribution in [3.05, 3.63) is 29.8 Å². The SMILES string of the molecule is COCCCNC(=O)COc1ccc(C(=O)OC)cc1. The van der Waals surface area contributed by atoms with Crippen LogP contribution in [0.2, 0.25) is 0 Å². The molecule has 0 radical (unpaired) electrons. The molecular formula is C14H19NO5. The molecule has 20 heavy (non-hydrogen) atoms. The predicted molar refractivity (Wildman–Crippen MR) is 72.8 cm³/mol. The molecule has 0 aliphatic rings. The van der Waals surface area contributed by atoms with Gasteiger partial charge in [-0.05, 0) is 30.7 Å². The van der Waals surface area contributed by atoms with Crippen LogP contribution in [-0.4, -0.2) is 45.9 Å². The van der Waals surface area contributed by atoms with Crippen LogP contribution in [0.15, 0.2) is 24.3 Å². The Hall–Kier alpha value is -2.08. The maximum atomic E-state index is 11.4. The second-order valence-electron chi connectivity index (χ2n) is 4.00. The summed E-state index contributed by atoms with van der Waals surface area (Å²) >= 11 is 0.